The Labute approximate surface area is 174 Å². The van der Waals surface area contributed by atoms with Gasteiger partial charge in [-0.3, -0.25) is 4.79 Å². The van der Waals surface area contributed by atoms with Crippen LogP contribution in [0.25, 0.3) is 0 Å². The number of nitriles is 1. The Morgan fingerprint density at radius 1 is 1.37 bits per heavy atom. The van der Waals surface area contributed by atoms with E-state index in [-0.39, 0.29) is 34.1 Å². The molecule has 0 aliphatic carbocycles. The maximum atomic E-state index is 15.2. The van der Waals surface area contributed by atoms with E-state index in [0.29, 0.717) is 5.82 Å². The van der Waals surface area contributed by atoms with Gasteiger partial charge in [0.05, 0.1) is 29.9 Å². The molecule has 0 saturated heterocycles. The Morgan fingerprint density at radius 2 is 2.10 bits per heavy atom. The second-order valence-electron chi connectivity index (χ2n) is 6.29. The van der Waals surface area contributed by atoms with Crippen LogP contribution < -0.4 is 10.5 Å². The van der Waals surface area contributed by atoms with Crippen LogP contribution >= 0.6 is 11.6 Å². The van der Waals surface area contributed by atoms with Gasteiger partial charge in [0.1, 0.15) is 17.3 Å². The third kappa shape index (κ3) is 4.23. The van der Waals surface area contributed by atoms with E-state index in [0.717, 1.165) is 6.07 Å². The molecule has 3 rings (SSSR count). The molecule has 0 unspecified atom stereocenters. The molecule has 1 aromatic heterocycles. The Hall–Kier alpha value is -3.51. The molecule has 3 aromatic rings. The molecular weight excluding hydrogens is 421 g/mol. The maximum absolute atomic E-state index is 15.2. The lowest BCUT2D eigenvalue weighted by molar-refractivity contribution is 0.0991. The van der Waals surface area contributed by atoms with Crippen molar-refractivity contribution in [3.05, 3.63) is 75.6 Å². The predicted molar refractivity (Wildman–Crippen MR) is 102 cm³/mol. The number of benzene rings is 2. The number of ether oxygens (including phenoxy) is 1. The van der Waals surface area contributed by atoms with Crippen LogP contribution in [0.4, 0.5) is 13.2 Å². The fourth-order valence-corrected chi connectivity index (χ4v) is 3.07. The average Bonchev–Trinajstić information content (AvgIpc) is 3.05. The van der Waals surface area contributed by atoms with Crippen molar-refractivity contribution in [2.45, 2.75) is 19.9 Å². The van der Waals surface area contributed by atoms with Gasteiger partial charge in [-0.1, -0.05) is 17.7 Å². The van der Waals surface area contributed by atoms with Crippen molar-refractivity contribution in [2.24, 2.45) is 5.73 Å². The Bertz CT molecular complexity index is 1170. The number of aromatic nitrogens is 2. The highest BCUT2D eigenvalue weighted by molar-refractivity contribution is 6.30. The molecule has 1 heterocycles. The summed E-state index contributed by atoms with van der Waals surface area (Å²) in [6, 6.07) is 7.93. The van der Waals surface area contributed by atoms with Crippen LogP contribution in [0.5, 0.6) is 11.5 Å². The molecule has 154 valence electrons. The van der Waals surface area contributed by atoms with E-state index in [2.05, 4.69) is 4.98 Å². The summed E-state index contributed by atoms with van der Waals surface area (Å²) < 4.78 is 48.9. The Balaban J connectivity index is 2.07. The van der Waals surface area contributed by atoms with Gasteiger partial charge >= 0.3 is 0 Å². The molecule has 6 nitrogen and oxygen atoms in total. The summed E-state index contributed by atoms with van der Waals surface area (Å²) in [4.78, 5) is 15.5. The molecule has 0 atom stereocenters. The number of alkyl halides is 2. The van der Waals surface area contributed by atoms with Crippen LogP contribution in [0.2, 0.25) is 5.02 Å². The molecule has 30 heavy (non-hydrogen) atoms. The normalized spacial score (nSPS) is 10.8. The number of hydrogen-bond donors (Lipinski definition) is 1. The van der Waals surface area contributed by atoms with Crippen LogP contribution in [0.1, 0.15) is 39.4 Å². The summed E-state index contributed by atoms with van der Waals surface area (Å²) in [6.07, 6.45) is -1.77. The van der Waals surface area contributed by atoms with Gasteiger partial charge in [-0.2, -0.15) is 5.26 Å². The van der Waals surface area contributed by atoms with E-state index in [1.54, 1.807) is 6.92 Å². The van der Waals surface area contributed by atoms with Crippen LogP contribution in [-0.4, -0.2) is 15.5 Å². The quantitative estimate of drug-likeness (QED) is 0.606. The van der Waals surface area contributed by atoms with Crippen molar-refractivity contribution in [1.29, 1.82) is 5.26 Å². The summed E-state index contributed by atoms with van der Waals surface area (Å²) >= 11 is 5.90. The van der Waals surface area contributed by atoms with Gasteiger partial charge in [0.15, 0.2) is 11.6 Å². The SMILES string of the molecule is Cc1ncc(C(N)=O)n1Cc1ccc(C(F)F)c(Oc2cc(Cl)cc(C#N)c2)c1F. The molecular formula is C20H14ClF3N4O2. The zero-order valence-corrected chi connectivity index (χ0v) is 16.3. The minimum Gasteiger partial charge on any atom is -0.454 e. The average molecular weight is 435 g/mol. The summed E-state index contributed by atoms with van der Waals surface area (Å²) in [5.74, 6) is -2.20. The number of carbonyl (C=O) groups excluding carboxylic acids is 1. The third-order valence-corrected chi connectivity index (χ3v) is 4.52. The van der Waals surface area contributed by atoms with Gasteiger partial charge < -0.3 is 15.0 Å². The minimum atomic E-state index is -3.02. The first-order valence-electron chi connectivity index (χ1n) is 8.51. The van der Waals surface area contributed by atoms with Crippen molar-refractivity contribution in [2.75, 3.05) is 0 Å². The van der Waals surface area contributed by atoms with Crippen molar-refractivity contribution >= 4 is 17.5 Å². The van der Waals surface area contributed by atoms with Crippen molar-refractivity contribution in [1.82, 2.24) is 9.55 Å². The number of imidazole rings is 1. The molecule has 2 N–H and O–H groups in total. The highest BCUT2D eigenvalue weighted by Crippen LogP contribution is 2.37. The largest absolute Gasteiger partial charge is 0.454 e. The summed E-state index contributed by atoms with van der Waals surface area (Å²) in [5.41, 5.74) is 4.76. The standard InChI is InChI=1S/C20H14ClF3N4O2/c1-10-27-8-16(20(26)29)28(10)9-12-2-3-15(19(23)24)18(17(12)22)30-14-5-11(7-25)4-13(21)6-14/h2-6,8,19H,9H2,1H3,(H2,26,29). The molecule has 0 spiro atoms. The number of nitrogens with two attached hydrogens (primary N) is 1. The first-order chi connectivity index (χ1) is 14.2. The number of carbonyl (C=O) groups is 1. The number of primary amides is 1. The monoisotopic (exact) mass is 434 g/mol. The molecule has 1 amide bonds. The second kappa shape index (κ2) is 8.47. The molecule has 0 radical (unpaired) electrons. The van der Waals surface area contributed by atoms with Gasteiger partial charge in [-0.15, -0.1) is 0 Å². The fourth-order valence-electron chi connectivity index (χ4n) is 2.85. The van der Waals surface area contributed by atoms with E-state index in [1.807, 2.05) is 6.07 Å². The van der Waals surface area contributed by atoms with Gasteiger partial charge in [0.25, 0.3) is 12.3 Å². The van der Waals surface area contributed by atoms with Crippen molar-refractivity contribution < 1.29 is 22.7 Å². The van der Waals surface area contributed by atoms with E-state index >= 15 is 4.39 Å². The molecule has 0 fully saturated rings. The highest BCUT2D eigenvalue weighted by atomic mass is 35.5. The Kier molecular flexibility index (Phi) is 5.99. The van der Waals surface area contributed by atoms with Gasteiger partial charge in [0, 0.05) is 10.6 Å². The van der Waals surface area contributed by atoms with Crippen molar-refractivity contribution in [3.8, 4) is 17.6 Å². The zero-order chi connectivity index (χ0) is 22.0. The van der Waals surface area contributed by atoms with Crippen LogP contribution in [0.15, 0.2) is 36.5 Å². The lowest BCUT2D eigenvalue weighted by atomic mass is 10.1. The van der Waals surface area contributed by atoms with E-state index in [4.69, 9.17) is 27.3 Å². The first-order valence-corrected chi connectivity index (χ1v) is 8.89. The third-order valence-electron chi connectivity index (χ3n) is 4.30. The number of hydrogen-bond acceptors (Lipinski definition) is 4. The van der Waals surface area contributed by atoms with Gasteiger partial charge in [0.2, 0.25) is 0 Å². The smallest absolute Gasteiger partial charge is 0.267 e. The topological polar surface area (TPSA) is 93.9 Å². The number of halogens is 4. The van der Waals surface area contributed by atoms with Crippen LogP contribution in [0.3, 0.4) is 0 Å². The second-order valence-corrected chi connectivity index (χ2v) is 6.72. The zero-order valence-electron chi connectivity index (χ0n) is 15.5. The Morgan fingerprint density at radius 3 is 2.73 bits per heavy atom. The van der Waals surface area contributed by atoms with Gasteiger partial charge in [-0.05, 0) is 31.2 Å². The van der Waals surface area contributed by atoms with Crippen molar-refractivity contribution in [3.63, 3.8) is 0 Å². The molecule has 10 heteroatoms. The van der Waals surface area contributed by atoms with Gasteiger partial charge in [-0.25, -0.2) is 18.2 Å². The number of rotatable bonds is 6. The molecule has 0 aliphatic rings. The van der Waals surface area contributed by atoms with Crippen LogP contribution in [0, 0.1) is 24.1 Å². The number of amides is 1. The minimum absolute atomic E-state index is 0.0273. The summed E-state index contributed by atoms with van der Waals surface area (Å²) in [6.45, 7) is 1.40. The highest BCUT2D eigenvalue weighted by Gasteiger charge is 2.23. The van der Waals surface area contributed by atoms with E-state index in [1.165, 1.54) is 35.0 Å². The summed E-state index contributed by atoms with van der Waals surface area (Å²) in [7, 11) is 0. The summed E-state index contributed by atoms with van der Waals surface area (Å²) in [5, 5.41) is 9.15. The van der Waals surface area contributed by atoms with Crippen LogP contribution in [-0.2, 0) is 6.54 Å². The first kappa shape index (κ1) is 21.2. The maximum Gasteiger partial charge on any atom is 0.267 e. The molecule has 0 bridgehead atoms. The fraction of sp³-hybridized carbons (Fsp3) is 0.150. The predicted octanol–water partition coefficient (Wildman–Crippen LogP) is 4.73. The molecule has 0 aliphatic heterocycles. The lowest BCUT2D eigenvalue weighted by Crippen LogP contribution is -2.18. The van der Waals surface area contributed by atoms with E-state index in [9.17, 15) is 13.6 Å². The lowest BCUT2D eigenvalue weighted by Gasteiger charge is -2.16. The number of aryl methyl sites for hydroxylation is 1. The molecule has 2 aromatic carbocycles. The number of nitrogens with zero attached hydrogens (tertiary/aromatic N) is 3. The van der Waals surface area contributed by atoms with E-state index < -0.39 is 29.5 Å². The molecule has 0 saturated carbocycles.